The number of anilines is 2. The van der Waals surface area contributed by atoms with E-state index in [0.717, 1.165) is 16.9 Å². The van der Waals surface area contributed by atoms with Gasteiger partial charge in [0.15, 0.2) is 0 Å². The van der Waals surface area contributed by atoms with Crippen molar-refractivity contribution in [2.45, 2.75) is 0 Å². The zero-order chi connectivity index (χ0) is 18.1. The summed E-state index contributed by atoms with van der Waals surface area (Å²) >= 11 is 5.88. The van der Waals surface area contributed by atoms with Crippen molar-refractivity contribution in [3.8, 4) is 0 Å². The van der Waals surface area contributed by atoms with Gasteiger partial charge in [0.2, 0.25) is 11.0 Å². The Morgan fingerprint density at radius 1 is 1.00 bits per heavy atom. The molecule has 9 nitrogen and oxygen atoms in total. The van der Waals surface area contributed by atoms with Crippen LogP contribution in [0.2, 0.25) is 5.15 Å². The number of aromatic nitrogens is 4. The smallest absolute Gasteiger partial charge is 0.348 e. The third-order valence-electron chi connectivity index (χ3n) is 4.28. The van der Waals surface area contributed by atoms with Crippen LogP contribution >= 0.6 is 11.6 Å². The Morgan fingerprint density at radius 3 is 2.42 bits per heavy atom. The number of halogens is 1. The van der Waals surface area contributed by atoms with Gasteiger partial charge in [-0.05, 0) is 12.1 Å². The molecule has 0 aliphatic carbocycles. The van der Waals surface area contributed by atoms with Crippen molar-refractivity contribution >= 4 is 40.0 Å². The first kappa shape index (κ1) is 16.4. The average molecular weight is 372 g/mol. The zero-order valence-electron chi connectivity index (χ0n) is 13.6. The molecule has 1 aromatic carbocycles. The molecule has 0 spiro atoms. The second kappa shape index (κ2) is 6.68. The Balaban J connectivity index is 1.54. The molecule has 4 rings (SSSR count). The fraction of sp³-hybridized carbons (Fsp3) is 0.250. The summed E-state index contributed by atoms with van der Waals surface area (Å²) in [6.45, 7) is 2.41. The molecule has 10 heteroatoms. The van der Waals surface area contributed by atoms with E-state index in [2.05, 4.69) is 24.8 Å². The van der Waals surface area contributed by atoms with Crippen LogP contribution in [0.5, 0.6) is 0 Å². The number of benzene rings is 1. The normalized spacial score (nSPS) is 14.7. The van der Waals surface area contributed by atoms with Gasteiger partial charge in [-0.15, -0.1) is 0 Å². The molecule has 0 atom stereocenters. The maximum Gasteiger partial charge on any atom is 0.348 e. The summed E-state index contributed by atoms with van der Waals surface area (Å²) in [6.07, 6.45) is 2.99. The summed E-state index contributed by atoms with van der Waals surface area (Å²) in [4.78, 5) is 31.5. The minimum absolute atomic E-state index is 0.150. The van der Waals surface area contributed by atoms with Crippen LogP contribution < -0.4 is 9.80 Å². The third-order valence-corrected chi connectivity index (χ3v) is 4.56. The minimum Gasteiger partial charge on any atom is -0.352 e. The Kier molecular flexibility index (Phi) is 4.21. The molecule has 0 unspecified atom stereocenters. The molecular formula is C16H14ClN7O2. The van der Waals surface area contributed by atoms with Crippen LogP contribution in [0, 0.1) is 10.1 Å². The van der Waals surface area contributed by atoms with E-state index in [1.54, 1.807) is 6.20 Å². The van der Waals surface area contributed by atoms with Gasteiger partial charge in [-0.3, -0.25) is 15.1 Å². The molecule has 1 aliphatic rings. The van der Waals surface area contributed by atoms with Crippen LogP contribution in [0.4, 0.5) is 17.3 Å². The molecule has 0 N–H and O–H groups in total. The molecule has 1 aliphatic heterocycles. The van der Waals surface area contributed by atoms with Gasteiger partial charge in [0.05, 0.1) is 22.2 Å². The van der Waals surface area contributed by atoms with Crippen LogP contribution in [-0.4, -0.2) is 51.0 Å². The molecule has 1 fully saturated rings. The molecule has 3 aromatic rings. The monoisotopic (exact) mass is 371 g/mol. The van der Waals surface area contributed by atoms with Gasteiger partial charge in [-0.25, -0.2) is 15.0 Å². The SMILES string of the molecule is O=[N+]([O-])c1c(Cl)ncnc1N1CCN(c2cnc3ccccc3n2)CC1. The highest BCUT2D eigenvalue weighted by Gasteiger charge is 2.28. The molecule has 0 radical (unpaired) electrons. The van der Waals surface area contributed by atoms with Gasteiger partial charge >= 0.3 is 5.69 Å². The van der Waals surface area contributed by atoms with E-state index in [4.69, 9.17) is 11.6 Å². The average Bonchev–Trinajstić information content (AvgIpc) is 2.67. The van der Waals surface area contributed by atoms with Crippen molar-refractivity contribution in [1.82, 2.24) is 19.9 Å². The lowest BCUT2D eigenvalue weighted by Crippen LogP contribution is -2.47. The summed E-state index contributed by atoms with van der Waals surface area (Å²) in [5, 5.41) is 11.1. The molecule has 0 saturated carbocycles. The van der Waals surface area contributed by atoms with E-state index >= 15 is 0 Å². The number of rotatable bonds is 3. The summed E-state index contributed by atoms with van der Waals surface area (Å²) in [7, 11) is 0. The lowest BCUT2D eigenvalue weighted by Gasteiger charge is -2.35. The Labute approximate surface area is 153 Å². The highest BCUT2D eigenvalue weighted by Crippen LogP contribution is 2.32. The van der Waals surface area contributed by atoms with E-state index in [1.165, 1.54) is 6.33 Å². The molecule has 3 heterocycles. The number of fused-ring (bicyclic) bond motifs is 1. The molecule has 0 bridgehead atoms. The van der Waals surface area contributed by atoms with Crippen molar-refractivity contribution in [3.05, 3.63) is 52.1 Å². The van der Waals surface area contributed by atoms with Crippen molar-refractivity contribution in [1.29, 1.82) is 0 Å². The van der Waals surface area contributed by atoms with E-state index in [-0.39, 0.29) is 16.7 Å². The fourth-order valence-corrected chi connectivity index (χ4v) is 3.18. The quantitative estimate of drug-likeness (QED) is 0.392. The maximum atomic E-state index is 11.3. The van der Waals surface area contributed by atoms with Gasteiger partial charge in [0.25, 0.3) is 0 Å². The molecule has 1 saturated heterocycles. The number of hydrogen-bond acceptors (Lipinski definition) is 8. The minimum atomic E-state index is -0.543. The van der Waals surface area contributed by atoms with Gasteiger partial charge in [0.1, 0.15) is 12.1 Å². The topological polar surface area (TPSA) is 101 Å². The van der Waals surface area contributed by atoms with Gasteiger partial charge < -0.3 is 9.80 Å². The Morgan fingerprint density at radius 2 is 1.69 bits per heavy atom. The van der Waals surface area contributed by atoms with Crippen LogP contribution in [0.3, 0.4) is 0 Å². The lowest BCUT2D eigenvalue weighted by atomic mass is 10.3. The van der Waals surface area contributed by atoms with E-state index in [1.807, 2.05) is 29.2 Å². The number of nitro groups is 1. The summed E-state index contributed by atoms with van der Waals surface area (Å²) < 4.78 is 0. The summed E-state index contributed by atoms with van der Waals surface area (Å²) in [6, 6.07) is 7.70. The van der Waals surface area contributed by atoms with Crippen molar-refractivity contribution < 1.29 is 4.92 Å². The van der Waals surface area contributed by atoms with Crippen LogP contribution in [-0.2, 0) is 0 Å². The van der Waals surface area contributed by atoms with Crippen molar-refractivity contribution in [2.75, 3.05) is 36.0 Å². The van der Waals surface area contributed by atoms with Crippen LogP contribution in [0.25, 0.3) is 11.0 Å². The number of piperazine rings is 1. The number of hydrogen-bond donors (Lipinski definition) is 0. The predicted octanol–water partition coefficient (Wildman–Crippen LogP) is 2.31. The zero-order valence-corrected chi connectivity index (χ0v) is 14.4. The van der Waals surface area contributed by atoms with Crippen molar-refractivity contribution in [3.63, 3.8) is 0 Å². The first-order chi connectivity index (χ1) is 12.6. The number of para-hydroxylation sites is 2. The van der Waals surface area contributed by atoms with E-state index in [9.17, 15) is 10.1 Å². The first-order valence-electron chi connectivity index (χ1n) is 8.00. The number of nitrogens with zero attached hydrogens (tertiary/aromatic N) is 7. The van der Waals surface area contributed by atoms with Gasteiger partial charge in [-0.2, -0.15) is 0 Å². The maximum absolute atomic E-state index is 11.3. The fourth-order valence-electron chi connectivity index (χ4n) is 2.98. The van der Waals surface area contributed by atoms with Crippen LogP contribution in [0.1, 0.15) is 0 Å². The first-order valence-corrected chi connectivity index (χ1v) is 8.38. The second-order valence-corrected chi connectivity index (χ2v) is 6.14. The standard InChI is InChI=1S/C16H14ClN7O2/c17-15-14(24(25)26)16(20-10-19-15)23-7-5-22(6-8-23)13-9-18-11-3-1-2-4-12(11)21-13/h1-4,9-10H,5-8H2. The molecular weight excluding hydrogens is 358 g/mol. The van der Waals surface area contributed by atoms with E-state index in [0.29, 0.717) is 26.2 Å². The Hall–Kier alpha value is -3.07. The Bertz CT molecular complexity index is 976. The molecule has 2 aromatic heterocycles. The summed E-state index contributed by atoms with van der Waals surface area (Å²) in [5.74, 6) is 1.04. The highest BCUT2D eigenvalue weighted by molar-refractivity contribution is 6.31. The molecule has 132 valence electrons. The van der Waals surface area contributed by atoms with Gasteiger partial charge in [-0.1, -0.05) is 23.7 Å². The summed E-state index contributed by atoms with van der Waals surface area (Å²) in [5.41, 5.74) is 1.43. The highest BCUT2D eigenvalue weighted by atomic mass is 35.5. The van der Waals surface area contributed by atoms with E-state index < -0.39 is 4.92 Å². The van der Waals surface area contributed by atoms with Crippen LogP contribution in [0.15, 0.2) is 36.8 Å². The predicted molar refractivity (Wildman–Crippen MR) is 97.7 cm³/mol. The third kappa shape index (κ3) is 2.97. The molecule has 26 heavy (non-hydrogen) atoms. The largest absolute Gasteiger partial charge is 0.352 e. The molecule has 0 amide bonds. The lowest BCUT2D eigenvalue weighted by molar-refractivity contribution is -0.384. The second-order valence-electron chi connectivity index (χ2n) is 5.78. The van der Waals surface area contributed by atoms with Gasteiger partial charge in [0, 0.05) is 26.2 Å². The van der Waals surface area contributed by atoms with Crippen molar-refractivity contribution in [2.24, 2.45) is 0 Å².